The number of aromatic nitrogens is 3. The lowest BCUT2D eigenvalue weighted by atomic mass is 10.1. The lowest BCUT2D eigenvalue weighted by Crippen LogP contribution is -2.16. The zero-order chi connectivity index (χ0) is 23.9. The number of nitrogens with zero attached hydrogens (tertiary/aromatic N) is 3. The van der Waals surface area contributed by atoms with Crippen molar-refractivity contribution >= 4 is 29.0 Å². The van der Waals surface area contributed by atoms with Crippen LogP contribution in [0.25, 0.3) is 5.69 Å². The predicted molar refractivity (Wildman–Crippen MR) is 137 cm³/mol. The van der Waals surface area contributed by atoms with E-state index in [1.807, 2.05) is 91.2 Å². The molecule has 1 heterocycles. The van der Waals surface area contributed by atoms with Gasteiger partial charge in [0.1, 0.15) is 5.75 Å². The van der Waals surface area contributed by atoms with E-state index < -0.39 is 0 Å². The summed E-state index contributed by atoms with van der Waals surface area (Å²) >= 11 is 1.36. The van der Waals surface area contributed by atoms with Crippen molar-refractivity contribution in [1.29, 1.82) is 0 Å². The molecule has 0 radical (unpaired) electrons. The number of methoxy groups -OCH3 is 1. The van der Waals surface area contributed by atoms with Gasteiger partial charge in [-0.1, -0.05) is 42.1 Å². The van der Waals surface area contributed by atoms with Crippen molar-refractivity contribution in [2.75, 3.05) is 23.5 Å². The first-order valence-corrected chi connectivity index (χ1v) is 11.9. The van der Waals surface area contributed by atoms with Gasteiger partial charge >= 0.3 is 0 Å². The molecule has 0 aliphatic carbocycles. The van der Waals surface area contributed by atoms with Crippen LogP contribution in [0.4, 0.5) is 11.4 Å². The molecule has 174 valence electrons. The van der Waals surface area contributed by atoms with E-state index in [1.54, 1.807) is 7.11 Å². The Bertz CT molecular complexity index is 1260. The number of amides is 1. The van der Waals surface area contributed by atoms with E-state index in [0.29, 0.717) is 11.7 Å². The molecule has 4 rings (SSSR count). The Morgan fingerprint density at radius 2 is 1.74 bits per heavy atom. The van der Waals surface area contributed by atoms with Crippen molar-refractivity contribution in [3.63, 3.8) is 0 Å². The van der Waals surface area contributed by atoms with Gasteiger partial charge in [-0.05, 0) is 67.4 Å². The molecule has 0 fully saturated rings. The number of hydrogen-bond acceptors (Lipinski definition) is 6. The third-order valence-electron chi connectivity index (χ3n) is 5.47. The van der Waals surface area contributed by atoms with E-state index in [-0.39, 0.29) is 11.7 Å². The molecule has 4 aromatic rings. The number of para-hydroxylation sites is 1. The minimum absolute atomic E-state index is 0.0841. The molecular formula is C26H27N5O2S. The largest absolute Gasteiger partial charge is 0.497 e. The first kappa shape index (κ1) is 23.4. The maximum atomic E-state index is 12.7. The van der Waals surface area contributed by atoms with E-state index in [4.69, 9.17) is 4.74 Å². The van der Waals surface area contributed by atoms with Crippen LogP contribution in [-0.2, 0) is 11.3 Å². The number of aryl methyl sites for hydroxylation is 1. The number of ether oxygens (including phenoxy) is 1. The fourth-order valence-electron chi connectivity index (χ4n) is 3.44. The average Bonchev–Trinajstić information content (AvgIpc) is 3.28. The Morgan fingerprint density at radius 3 is 2.47 bits per heavy atom. The van der Waals surface area contributed by atoms with E-state index in [0.717, 1.165) is 39.8 Å². The second-order valence-electron chi connectivity index (χ2n) is 7.74. The highest BCUT2D eigenvalue weighted by atomic mass is 32.2. The van der Waals surface area contributed by atoms with E-state index >= 15 is 0 Å². The predicted octanol–water partition coefficient (Wildman–Crippen LogP) is 5.24. The highest BCUT2D eigenvalue weighted by molar-refractivity contribution is 7.99. The van der Waals surface area contributed by atoms with Crippen molar-refractivity contribution in [1.82, 2.24) is 14.8 Å². The monoisotopic (exact) mass is 473 g/mol. The number of rotatable bonds is 9. The summed E-state index contributed by atoms with van der Waals surface area (Å²) in [6.45, 7) is 4.51. The lowest BCUT2D eigenvalue weighted by molar-refractivity contribution is -0.113. The molecule has 0 aliphatic rings. The van der Waals surface area contributed by atoms with E-state index in [1.165, 1.54) is 11.8 Å². The molecule has 7 nitrogen and oxygen atoms in total. The standard InChI is InChI=1S/C26H27N5O2S/c1-18-8-7-11-23(19(18)2)28-25(32)17-34-26-30-29-24(31(26)21-9-5-4-6-10-21)16-27-20-12-14-22(33-3)15-13-20/h4-15,27H,16-17H2,1-3H3,(H,28,32). The molecule has 0 atom stereocenters. The minimum Gasteiger partial charge on any atom is -0.497 e. The molecule has 2 N–H and O–H groups in total. The molecule has 1 aromatic heterocycles. The van der Waals surface area contributed by atoms with E-state index in [2.05, 4.69) is 20.8 Å². The quantitative estimate of drug-likeness (QED) is 0.324. The number of nitrogens with one attached hydrogen (secondary N) is 2. The van der Waals surface area contributed by atoms with Crippen LogP contribution in [0.1, 0.15) is 17.0 Å². The first-order chi connectivity index (χ1) is 16.5. The number of benzene rings is 3. The average molecular weight is 474 g/mol. The van der Waals surface area contributed by atoms with Crippen LogP contribution in [-0.4, -0.2) is 33.5 Å². The second-order valence-corrected chi connectivity index (χ2v) is 8.68. The molecular weight excluding hydrogens is 446 g/mol. The Morgan fingerprint density at radius 1 is 0.971 bits per heavy atom. The zero-order valence-corrected chi connectivity index (χ0v) is 20.2. The summed E-state index contributed by atoms with van der Waals surface area (Å²) in [6, 6.07) is 23.5. The van der Waals surface area contributed by atoms with Crippen LogP contribution in [0.15, 0.2) is 78.0 Å². The molecule has 8 heteroatoms. The molecule has 0 spiro atoms. The van der Waals surface area contributed by atoms with Gasteiger partial charge in [0, 0.05) is 17.1 Å². The third kappa shape index (κ3) is 5.58. The first-order valence-electron chi connectivity index (χ1n) is 10.9. The number of carbonyl (C=O) groups excluding carboxylic acids is 1. The van der Waals surface area contributed by atoms with Crippen molar-refractivity contribution in [2.24, 2.45) is 0 Å². The topological polar surface area (TPSA) is 81.1 Å². The van der Waals surface area contributed by atoms with Gasteiger partial charge in [-0.25, -0.2) is 0 Å². The molecule has 0 bridgehead atoms. The second kappa shape index (κ2) is 10.9. The highest BCUT2D eigenvalue weighted by Crippen LogP contribution is 2.24. The fourth-order valence-corrected chi connectivity index (χ4v) is 4.21. The van der Waals surface area contributed by atoms with Gasteiger partial charge in [0.15, 0.2) is 11.0 Å². The maximum absolute atomic E-state index is 12.7. The van der Waals surface area contributed by atoms with Crippen LogP contribution < -0.4 is 15.4 Å². The van der Waals surface area contributed by atoms with Crippen molar-refractivity contribution in [3.8, 4) is 11.4 Å². The number of hydrogen-bond donors (Lipinski definition) is 2. The number of carbonyl (C=O) groups is 1. The van der Waals surface area contributed by atoms with Crippen molar-refractivity contribution < 1.29 is 9.53 Å². The summed E-state index contributed by atoms with van der Waals surface area (Å²) in [4.78, 5) is 12.7. The summed E-state index contributed by atoms with van der Waals surface area (Å²) in [5.41, 5.74) is 4.94. The van der Waals surface area contributed by atoms with Crippen LogP contribution >= 0.6 is 11.8 Å². The van der Waals surface area contributed by atoms with Gasteiger partial charge in [-0.15, -0.1) is 10.2 Å². The molecule has 0 saturated carbocycles. The lowest BCUT2D eigenvalue weighted by Gasteiger charge is -2.12. The van der Waals surface area contributed by atoms with Gasteiger partial charge < -0.3 is 15.4 Å². The molecule has 0 saturated heterocycles. The van der Waals surface area contributed by atoms with E-state index in [9.17, 15) is 4.79 Å². The molecule has 3 aromatic carbocycles. The molecule has 34 heavy (non-hydrogen) atoms. The highest BCUT2D eigenvalue weighted by Gasteiger charge is 2.16. The summed E-state index contributed by atoms with van der Waals surface area (Å²) < 4.78 is 7.20. The Balaban J connectivity index is 1.48. The maximum Gasteiger partial charge on any atom is 0.234 e. The van der Waals surface area contributed by atoms with Gasteiger partial charge in [0.05, 0.1) is 19.4 Å². The van der Waals surface area contributed by atoms with Crippen LogP contribution in [0.5, 0.6) is 5.75 Å². The summed E-state index contributed by atoms with van der Waals surface area (Å²) in [7, 11) is 1.65. The normalized spacial score (nSPS) is 10.7. The van der Waals surface area contributed by atoms with Crippen molar-refractivity contribution in [3.05, 3.63) is 89.7 Å². The Kier molecular flexibility index (Phi) is 7.49. The van der Waals surface area contributed by atoms with Crippen LogP contribution in [0.2, 0.25) is 0 Å². The van der Waals surface area contributed by atoms with Gasteiger partial charge in [-0.2, -0.15) is 0 Å². The fraction of sp³-hybridized carbons (Fsp3) is 0.192. The van der Waals surface area contributed by atoms with Gasteiger partial charge in [-0.3, -0.25) is 9.36 Å². The Hall–Kier alpha value is -3.78. The van der Waals surface area contributed by atoms with Gasteiger partial charge in [0.25, 0.3) is 0 Å². The van der Waals surface area contributed by atoms with Crippen LogP contribution in [0.3, 0.4) is 0 Å². The third-order valence-corrected chi connectivity index (χ3v) is 6.40. The molecule has 0 aliphatic heterocycles. The smallest absolute Gasteiger partial charge is 0.234 e. The van der Waals surface area contributed by atoms with Crippen molar-refractivity contribution in [2.45, 2.75) is 25.5 Å². The summed E-state index contributed by atoms with van der Waals surface area (Å²) in [5.74, 6) is 1.69. The number of anilines is 2. The van der Waals surface area contributed by atoms with Crippen LogP contribution in [0, 0.1) is 13.8 Å². The molecule has 0 unspecified atom stereocenters. The Labute approximate surface area is 203 Å². The number of thioether (sulfide) groups is 1. The minimum atomic E-state index is -0.0841. The summed E-state index contributed by atoms with van der Waals surface area (Å²) in [5, 5.41) is 15.8. The molecule has 1 amide bonds. The summed E-state index contributed by atoms with van der Waals surface area (Å²) in [6.07, 6.45) is 0. The SMILES string of the molecule is COc1ccc(NCc2nnc(SCC(=O)Nc3cccc(C)c3C)n2-c2ccccc2)cc1. The zero-order valence-electron chi connectivity index (χ0n) is 19.4. The van der Waals surface area contributed by atoms with Gasteiger partial charge in [0.2, 0.25) is 5.91 Å².